The van der Waals surface area contributed by atoms with Gasteiger partial charge in [0.25, 0.3) is 5.69 Å². The zero-order chi connectivity index (χ0) is 13.6. The van der Waals surface area contributed by atoms with E-state index in [1.54, 1.807) is 0 Å². The number of aromatic carboxylic acids is 1. The number of fused-ring (bicyclic) bond motifs is 2. The SMILES string of the molecule is O=C(O)c1cccc([N+](=O)[O-])c1N1CC2CCC1C2. The van der Waals surface area contributed by atoms with Crippen LogP contribution in [0.1, 0.15) is 29.6 Å². The van der Waals surface area contributed by atoms with Crippen LogP contribution < -0.4 is 4.90 Å². The number of nitro benzene ring substituents is 1. The van der Waals surface area contributed by atoms with Crippen molar-refractivity contribution in [2.75, 3.05) is 11.4 Å². The average molecular weight is 262 g/mol. The summed E-state index contributed by atoms with van der Waals surface area (Å²) in [6.07, 6.45) is 3.16. The molecule has 2 aliphatic rings. The standard InChI is InChI=1S/C13H14N2O4/c16-13(17)10-2-1-3-11(15(18)19)12(10)14-7-8-4-5-9(14)6-8/h1-3,8-9H,4-7H2,(H,16,17). The fourth-order valence-corrected chi connectivity index (χ4v) is 3.35. The average Bonchev–Trinajstić information content (AvgIpc) is 2.99. The second-order valence-electron chi connectivity index (χ2n) is 5.22. The molecule has 1 aromatic rings. The number of hydrogen-bond donors (Lipinski definition) is 1. The lowest BCUT2D eigenvalue weighted by atomic mass is 10.1. The normalized spacial score (nSPS) is 24.7. The summed E-state index contributed by atoms with van der Waals surface area (Å²) in [5.74, 6) is -0.562. The van der Waals surface area contributed by atoms with Crippen LogP contribution in [0.5, 0.6) is 0 Å². The van der Waals surface area contributed by atoms with Crippen molar-refractivity contribution in [3.05, 3.63) is 33.9 Å². The number of carbonyl (C=O) groups is 1. The molecule has 0 amide bonds. The highest BCUT2D eigenvalue weighted by atomic mass is 16.6. The fourth-order valence-electron chi connectivity index (χ4n) is 3.35. The lowest BCUT2D eigenvalue weighted by Crippen LogP contribution is -2.33. The number of para-hydroxylation sites is 1. The second-order valence-corrected chi connectivity index (χ2v) is 5.22. The third-order valence-electron chi connectivity index (χ3n) is 4.14. The van der Waals surface area contributed by atoms with Crippen LogP contribution in [0.4, 0.5) is 11.4 Å². The first-order valence-corrected chi connectivity index (χ1v) is 6.35. The van der Waals surface area contributed by atoms with Crippen molar-refractivity contribution in [1.29, 1.82) is 0 Å². The Bertz CT molecular complexity index is 525. The van der Waals surface area contributed by atoms with E-state index >= 15 is 0 Å². The van der Waals surface area contributed by atoms with Crippen molar-refractivity contribution < 1.29 is 14.8 Å². The minimum Gasteiger partial charge on any atom is -0.478 e. The monoisotopic (exact) mass is 262 g/mol. The van der Waals surface area contributed by atoms with Gasteiger partial charge in [0.1, 0.15) is 5.69 Å². The van der Waals surface area contributed by atoms with E-state index in [0.717, 1.165) is 25.8 Å². The van der Waals surface area contributed by atoms with Gasteiger partial charge in [-0.05, 0) is 31.2 Å². The van der Waals surface area contributed by atoms with Crippen LogP contribution in [0.15, 0.2) is 18.2 Å². The summed E-state index contributed by atoms with van der Waals surface area (Å²) in [4.78, 5) is 23.9. The summed E-state index contributed by atoms with van der Waals surface area (Å²) in [5, 5.41) is 20.4. The summed E-state index contributed by atoms with van der Waals surface area (Å²) in [7, 11) is 0. The molecular weight excluding hydrogens is 248 g/mol. The first kappa shape index (κ1) is 12.0. The Morgan fingerprint density at radius 1 is 1.42 bits per heavy atom. The number of carboxylic acids is 1. The van der Waals surface area contributed by atoms with E-state index in [9.17, 15) is 20.0 Å². The minimum absolute atomic E-state index is 0.0294. The lowest BCUT2D eigenvalue weighted by Gasteiger charge is -2.29. The van der Waals surface area contributed by atoms with Gasteiger partial charge in [-0.3, -0.25) is 10.1 Å². The number of anilines is 1. The van der Waals surface area contributed by atoms with Crippen LogP contribution in [-0.2, 0) is 0 Å². The third kappa shape index (κ3) is 1.83. The number of nitro groups is 1. The molecule has 2 fully saturated rings. The molecule has 19 heavy (non-hydrogen) atoms. The molecule has 2 unspecified atom stereocenters. The van der Waals surface area contributed by atoms with E-state index in [2.05, 4.69) is 0 Å². The maximum Gasteiger partial charge on any atom is 0.338 e. The molecule has 0 spiro atoms. The molecule has 1 heterocycles. The van der Waals surface area contributed by atoms with Gasteiger partial charge in [-0.2, -0.15) is 0 Å². The lowest BCUT2D eigenvalue weighted by molar-refractivity contribution is -0.384. The third-order valence-corrected chi connectivity index (χ3v) is 4.14. The molecule has 1 aliphatic heterocycles. The number of hydrogen-bond acceptors (Lipinski definition) is 4. The van der Waals surface area contributed by atoms with Crippen LogP contribution in [0.3, 0.4) is 0 Å². The molecule has 1 N–H and O–H groups in total. The Morgan fingerprint density at radius 2 is 2.21 bits per heavy atom. The first-order chi connectivity index (χ1) is 9.08. The zero-order valence-electron chi connectivity index (χ0n) is 10.3. The van der Waals surface area contributed by atoms with Gasteiger partial charge >= 0.3 is 5.97 Å². The summed E-state index contributed by atoms with van der Waals surface area (Å²) in [5.41, 5.74) is 0.210. The first-order valence-electron chi connectivity index (χ1n) is 6.35. The van der Waals surface area contributed by atoms with Crippen LogP contribution in [0.25, 0.3) is 0 Å². The second kappa shape index (κ2) is 4.22. The summed E-state index contributed by atoms with van der Waals surface area (Å²) >= 11 is 0. The summed E-state index contributed by atoms with van der Waals surface area (Å²) < 4.78 is 0. The molecule has 100 valence electrons. The van der Waals surface area contributed by atoms with Crippen molar-refractivity contribution in [2.45, 2.75) is 25.3 Å². The predicted octanol–water partition coefficient (Wildman–Crippen LogP) is 2.28. The molecule has 3 rings (SSSR count). The zero-order valence-corrected chi connectivity index (χ0v) is 10.3. The highest BCUT2D eigenvalue weighted by molar-refractivity contribution is 5.97. The molecule has 0 aromatic heterocycles. The fraction of sp³-hybridized carbons (Fsp3) is 0.462. The van der Waals surface area contributed by atoms with E-state index in [0.29, 0.717) is 5.92 Å². The van der Waals surface area contributed by atoms with Gasteiger partial charge in [0, 0.05) is 18.7 Å². The largest absolute Gasteiger partial charge is 0.478 e. The van der Waals surface area contributed by atoms with Crippen LogP contribution in [0.2, 0.25) is 0 Å². The Morgan fingerprint density at radius 3 is 2.74 bits per heavy atom. The van der Waals surface area contributed by atoms with Crippen molar-refractivity contribution in [3.8, 4) is 0 Å². The summed E-state index contributed by atoms with van der Waals surface area (Å²) in [6, 6.07) is 4.51. The van der Waals surface area contributed by atoms with Gasteiger partial charge in [0.2, 0.25) is 0 Å². The smallest absolute Gasteiger partial charge is 0.338 e. The van der Waals surface area contributed by atoms with Crippen LogP contribution >= 0.6 is 0 Å². The number of benzene rings is 1. The van der Waals surface area contributed by atoms with E-state index in [-0.39, 0.29) is 23.0 Å². The Kier molecular flexibility index (Phi) is 2.66. The molecule has 6 nitrogen and oxygen atoms in total. The molecule has 6 heteroatoms. The maximum atomic E-state index is 11.3. The highest BCUT2D eigenvalue weighted by Crippen LogP contribution is 2.44. The molecule has 2 bridgehead atoms. The molecule has 2 atom stereocenters. The minimum atomic E-state index is -1.11. The molecule has 1 aromatic carbocycles. The summed E-state index contributed by atoms with van der Waals surface area (Å²) in [6.45, 7) is 0.732. The highest BCUT2D eigenvalue weighted by Gasteiger charge is 2.41. The Hall–Kier alpha value is -2.11. The van der Waals surface area contributed by atoms with Crippen molar-refractivity contribution in [3.63, 3.8) is 0 Å². The topological polar surface area (TPSA) is 83.7 Å². The van der Waals surface area contributed by atoms with Crippen molar-refractivity contribution in [1.82, 2.24) is 0 Å². The van der Waals surface area contributed by atoms with Gasteiger partial charge in [-0.1, -0.05) is 6.07 Å². The van der Waals surface area contributed by atoms with Crippen LogP contribution in [0, 0.1) is 16.0 Å². The van der Waals surface area contributed by atoms with Gasteiger partial charge in [-0.25, -0.2) is 4.79 Å². The molecular formula is C13H14N2O4. The van der Waals surface area contributed by atoms with E-state index < -0.39 is 10.9 Å². The van der Waals surface area contributed by atoms with Crippen molar-refractivity contribution >= 4 is 17.3 Å². The number of nitrogens with zero attached hydrogens (tertiary/aromatic N) is 2. The maximum absolute atomic E-state index is 11.3. The van der Waals surface area contributed by atoms with Crippen LogP contribution in [-0.4, -0.2) is 28.6 Å². The van der Waals surface area contributed by atoms with Crippen molar-refractivity contribution in [2.24, 2.45) is 5.92 Å². The number of rotatable bonds is 3. The molecule has 0 radical (unpaired) electrons. The van der Waals surface area contributed by atoms with Gasteiger partial charge in [0.05, 0.1) is 10.5 Å². The number of carboxylic acid groups (broad SMARTS) is 1. The van der Waals surface area contributed by atoms with E-state index in [4.69, 9.17) is 0 Å². The van der Waals surface area contributed by atoms with E-state index in [1.165, 1.54) is 18.2 Å². The van der Waals surface area contributed by atoms with Gasteiger partial charge in [-0.15, -0.1) is 0 Å². The molecule has 1 saturated carbocycles. The Labute approximate surface area is 109 Å². The predicted molar refractivity (Wildman–Crippen MR) is 68.5 cm³/mol. The van der Waals surface area contributed by atoms with Gasteiger partial charge < -0.3 is 10.0 Å². The van der Waals surface area contributed by atoms with Gasteiger partial charge in [0.15, 0.2) is 0 Å². The molecule has 1 saturated heterocycles. The molecule has 1 aliphatic carbocycles. The van der Waals surface area contributed by atoms with E-state index in [1.807, 2.05) is 4.90 Å². The Balaban J connectivity index is 2.12. The quantitative estimate of drug-likeness (QED) is 0.667. The number of piperidine rings is 1.